The van der Waals surface area contributed by atoms with Crippen molar-refractivity contribution in [2.24, 2.45) is 0 Å². The van der Waals surface area contributed by atoms with Crippen LogP contribution in [0.3, 0.4) is 0 Å². The third kappa shape index (κ3) is 5.52. The molecule has 25 heavy (non-hydrogen) atoms. The van der Waals surface area contributed by atoms with Crippen LogP contribution in [0.4, 0.5) is 5.95 Å². The van der Waals surface area contributed by atoms with Crippen molar-refractivity contribution >= 4 is 11.9 Å². The molecule has 0 fully saturated rings. The monoisotopic (exact) mass is 341 g/mol. The molecule has 0 spiro atoms. The topological polar surface area (TPSA) is 62.2 Å². The number of hydrogen-bond acceptors (Lipinski definition) is 5. The Hall–Kier alpha value is -2.50. The third-order valence-electron chi connectivity index (χ3n) is 3.99. The van der Waals surface area contributed by atoms with E-state index in [0.29, 0.717) is 11.5 Å². The number of carbonyl (C=O) groups excluding carboxylic acids is 1. The predicted octanol–water partition coefficient (Wildman–Crippen LogP) is 2.81. The number of rotatable bonds is 9. The third-order valence-corrected chi connectivity index (χ3v) is 3.99. The molecule has 1 amide bonds. The van der Waals surface area contributed by atoms with Gasteiger partial charge in [0.15, 0.2) is 0 Å². The average molecular weight is 341 g/mol. The zero-order valence-electron chi connectivity index (χ0n) is 15.4. The Morgan fingerprint density at radius 1 is 1.00 bits per heavy atom. The van der Waals surface area contributed by atoms with Crippen LogP contribution in [0.15, 0.2) is 36.9 Å². The van der Waals surface area contributed by atoms with E-state index in [1.165, 1.54) is 5.56 Å². The van der Waals surface area contributed by atoms with Crippen LogP contribution < -0.4 is 4.90 Å². The minimum Gasteiger partial charge on any atom is -0.344 e. The number of hydrogen-bond donors (Lipinski definition) is 0. The van der Waals surface area contributed by atoms with Gasteiger partial charge >= 0.3 is 0 Å². The highest BCUT2D eigenvalue weighted by atomic mass is 16.2. The van der Waals surface area contributed by atoms with Crippen LogP contribution in [0, 0.1) is 0 Å². The van der Waals surface area contributed by atoms with Crippen molar-refractivity contribution in [2.75, 3.05) is 31.6 Å². The number of carbonyl (C=O) groups is 1. The van der Waals surface area contributed by atoms with Crippen LogP contribution in [0.2, 0.25) is 0 Å². The van der Waals surface area contributed by atoms with E-state index in [1.54, 1.807) is 24.8 Å². The number of aromatic nitrogens is 3. The van der Waals surface area contributed by atoms with Crippen LogP contribution in [-0.2, 0) is 6.42 Å². The summed E-state index contributed by atoms with van der Waals surface area (Å²) in [5, 5.41) is 0. The Labute approximate surface area is 149 Å². The molecule has 2 aromatic rings. The van der Waals surface area contributed by atoms with E-state index in [1.807, 2.05) is 29.0 Å². The number of nitrogens with zero attached hydrogens (tertiary/aromatic N) is 5. The number of pyridine rings is 1. The van der Waals surface area contributed by atoms with Gasteiger partial charge in [0, 0.05) is 51.5 Å². The minimum absolute atomic E-state index is 0.00897. The van der Waals surface area contributed by atoms with E-state index in [0.717, 1.165) is 38.9 Å². The Kier molecular flexibility index (Phi) is 7.32. The van der Waals surface area contributed by atoms with Crippen molar-refractivity contribution in [3.8, 4) is 0 Å². The fourth-order valence-electron chi connectivity index (χ4n) is 2.61. The Bertz CT molecular complexity index is 639. The first-order valence-corrected chi connectivity index (χ1v) is 8.87. The number of anilines is 1. The van der Waals surface area contributed by atoms with Gasteiger partial charge in [-0.3, -0.25) is 9.78 Å². The molecule has 0 aliphatic carbocycles. The molecule has 0 atom stereocenters. The maximum atomic E-state index is 12.5. The molecular formula is C19H27N5O. The standard InChI is InChI=1S/C19H27N5O/c1-4-11-24(12-5-2)18(25)17-14-21-19(22-15-17)23(3)13-8-16-6-9-20-10-7-16/h6-7,9-10,14-15H,4-5,8,11-13H2,1-3H3. The van der Waals surface area contributed by atoms with Gasteiger partial charge in [0.2, 0.25) is 5.95 Å². The van der Waals surface area contributed by atoms with Crippen molar-refractivity contribution in [3.63, 3.8) is 0 Å². The van der Waals surface area contributed by atoms with Gasteiger partial charge in [0.25, 0.3) is 5.91 Å². The fraction of sp³-hybridized carbons (Fsp3) is 0.474. The lowest BCUT2D eigenvalue weighted by atomic mass is 10.2. The first-order chi connectivity index (χ1) is 12.2. The maximum Gasteiger partial charge on any atom is 0.256 e. The van der Waals surface area contributed by atoms with Crippen molar-refractivity contribution < 1.29 is 4.79 Å². The lowest BCUT2D eigenvalue weighted by Crippen LogP contribution is -2.32. The van der Waals surface area contributed by atoms with Crippen molar-refractivity contribution in [2.45, 2.75) is 33.1 Å². The van der Waals surface area contributed by atoms with Gasteiger partial charge in [-0.25, -0.2) is 9.97 Å². The van der Waals surface area contributed by atoms with E-state index in [9.17, 15) is 4.79 Å². The average Bonchev–Trinajstić information content (AvgIpc) is 2.66. The molecule has 0 radical (unpaired) electrons. The summed E-state index contributed by atoms with van der Waals surface area (Å²) in [6.45, 7) is 6.48. The van der Waals surface area contributed by atoms with E-state index < -0.39 is 0 Å². The van der Waals surface area contributed by atoms with E-state index in [2.05, 4.69) is 28.8 Å². The van der Waals surface area contributed by atoms with Gasteiger partial charge in [-0.05, 0) is 37.0 Å². The SMILES string of the molecule is CCCN(CCC)C(=O)c1cnc(N(C)CCc2ccncc2)nc1. The first kappa shape index (κ1) is 18.8. The summed E-state index contributed by atoms with van der Waals surface area (Å²) in [6, 6.07) is 4.01. The largest absolute Gasteiger partial charge is 0.344 e. The molecule has 134 valence electrons. The molecule has 0 N–H and O–H groups in total. The minimum atomic E-state index is 0.00897. The number of amides is 1. The van der Waals surface area contributed by atoms with E-state index in [4.69, 9.17) is 0 Å². The molecule has 6 heteroatoms. The summed E-state index contributed by atoms with van der Waals surface area (Å²) in [4.78, 5) is 29.2. The summed E-state index contributed by atoms with van der Waals surface area (Å²) in [7, 11) is 1.96. The Balaban J connectivity index is 1.97. The van der Waals surface area contributed by atoms with Crippen molar-refractivity contribution in [3.05, 3.63) is 48.0 Å². The second kappa shape index (κ2) is 9.71. The maximum absolute atomic E-state index is 12.5. The quantitative estimate of drug-likeness (QED) is 0.702. The van der Waals surface area contributed by atoms with Crippen LogP contribution in [0.1, 0.15) is 42.6 Å². The highest BCUT2D eigenvalue weighted by Crippen LogP contribution is 2.10. The smallest absolute Gasteiger partial charge is 0.256 e. The normalized spacial score (nSPS) is 10.5. The molecule has 0 saturated carbocycles. The zero-order valence-corrected chi connectivity index (χ0v) is 15.4. The van der Waals surface area contributed by atoms with Crippen molar-refractivity contribution in [1.29, 1.82) is 0 Å². The van der Waals surface area contributed by atoms with Crippen molar-refractivity contribution in [1.82, 2.24) is 19.9 Å². The van der Waals surface area contributed by atoms with Crippen LogP contribution in [0.5, 0.6) is 0 Å². The summed E-state index contributed by atoms with van der Waals surface area (Å²) in [6.07, 6.45) is 9.64. The highest BCUT2D eigenvalue weighted by Gasteiger charge is 2.15. The number of likely N-dealkylation sites (N-methyl/N-ethyl adjacent to an activating group) is 1. The molecule has 0 aromatic carbocycles. The van der Waals surface area contributed by atoms with Gasteiger partial charge in [-0.2, -0.15) is 0 Å². The highest BCUT2D eigenvalue weighted by molar-refractivity contribution is 5.93. The molecule has 0 bridgehead atoms. The molecule has 6 nitrogen and oxygen atoms in total. The summed E-state index contributed by atoms with van der Waals surface area (Å²) >= 11 is 0. The molecule has 0 saturated heterocycles. The van der Waals surface area contributed by atoms with Gasteiger partial charge in [0.1, 0.15) is 0 Å². The Morgan fingerprint density at radius 3 is 2.16 bits per heavy atom. The van der Waals surface area contributed by atoms with E-state index >= 15 is 0 Å². The second-order valence-corrected chi connectivity index (χ2v) is 6.09. The molecular weight excluding hydrogens is 314 g/mol. The second-order valence-electron chi connectivity index (χ2n) is 6.09. The van der Waals surface area contributed by atoms with Crippen LogP contribution in [0.25, 0.3) is 0 Å². The lowest BCUT2D eigenvalue weighted by molar-refractivity contribution is 0.0754. The lowest BCUT2D eigenvalue weighted by Gasteiger charge is -2.21. The van der Waals surface area contributed by atoms with Crippen LogP contribution in [-0.4, -0.2) is 52.4 Å². The van der Waals surface area contributed by atoms with Gasteiger partial charge in [-0.1, -0.05) is 13.8 Å². The fourth-order valence-corrected chi connectivity index (χ4v) is 2.61. The van der Waals surface area contributed by atoms with Gasteiger partial charge in [-0.15, -0.1) is 0 Å². The molecule has 2 aromatic heterocycles. The zero-order chi connectivity index (χ0) is 18.1. The summed E-state index contributed by atoms with van der Waals surface area (Å²) < 4.78 is 0. The molecule has 2 heterocycles. The van der Waals surface area contributed by atoms with E-state index in [-0.39, 0.29) is 5.91 Å². The molecule has 2 rings (SSSR count). The molecule has 0 aliphatic heterocycles. The predicted molar refractivity (Wildman–Crippen MR) is 99.7 cm³/mol. The summed E-state index contributed by atoms with van der Waals surface area (Å²) in [5.74, 6) is 0.637. The van der Waals surface area contributed by atoms with Crippen LogP contribution >= 0.6 is 0 Å². The van der Waals surface area contributed by atoms with Gasteiger partial charge in [0.05, 0.1) is 5.56 Å². The molecule has 0 unspecified atom stereocenters. The summed E-state index contributed by atoms with van der Waals surface area (Å²) in [5.41, 5.74) is 1.77. The first-order valence-electron chi connectivity index (χ1n) is 8.87. The Morgan fingerprint density at radius 2 is 1.60 bits per heavy atom. The molecule has 0 aliphatic rings. The van der Waals surface area contributed by atoms with Gasteiger partial charge < -0.3 is 9.80 Å².